The molecule has 8 nitrogen and oxygen atoms in total. The van der Waals surface area contributed by atoms with Crippen LogP contribution in [0.3, 0.4) is 0 Å². The summed E-state index contributed by atoms with van der Waals surface area (Å²) in [6.45, 7) is 4.67. The summed E-state index contributed by atoms with van der Waals surface area (Å²) < 4.78 is 7.13. The topological polar surface area (TPSA) is 95.2 Å². The Balaban J connectivity index is 2.10. The molecule has 0 radical (unpaired) electrons. The maximum atomic E-state index is 13.2. The molecular weight excluding hydrogens is 396 g/mol. The first-order chi connectivity index (χ1) is 14.9. The Morgan fingerprint density at radius 3 is 2.45 bits per heavy atom. The quantitative estimate of drug-likeness (QED) is 0.559. The SMILES string of the molecule is COCCCNC(=O)c1nn(-c2cccc(C)c2)c(=O)n(Cc2cccc(C)c2)c1=O. The van der Waals surface area contributed by atoms with Gasteiger partial charge in [-0.2, -0.15) is 9.78 Å². The molecule has 0 spiro atoms. The molecule has 1 heterocycles. The minimum Gasteiger partial charge on any atom is -0.385 e. The van der Waals surface area contributed by atoms with E-state index in [4.69, 9.17) is 4.74 Å². The van der Waals surface area contributed by atoms with Gasteiger partial charge in [-0.3, -0.25) is 14.2 Å². The number of hydrogen-bond donors (Lipinski definition) is 1. The lowest BCUT2D eigenvalue weighted by Crippen LogP contribution is -2.46. The smallest absolute Gasteiger partial charge is 0.352 e. The summed E-state index contributed by atoms with van der Waals surface area (Å²) in [6, 6.07) is 14.7. The second-order valence-electron chi connectivity index (χ2n) is 7.36. The van der Waals surface area contributed by atoms with Crippen molar-refractivity contribution in [3.05, 3.63) is 91.8 Å². The lowest BCUT2D eigenvalue weighted by atomic mass is 10.1. The molecule has 3 rings (SSSR count). The first-order valence-electron chi connectivity index (χ1n) is 10.0. The van der Waals surface area contributed by atoms with Gasteiger partial charge in [0.1, 0.15) is 0 Å². The Morgan fingerprint density at radius 1 is 1.06 bits per heavy atom. The van der Waals surface area contributed by atoms with Crippen molar-refractivity contribution in [2.75, 3.05) is 20.3 Å². The number of benzene rings is 2. The molecule has 0 aliphatic carbocycles. The van der Waals surface area contributed by atoms with E-state index in [-0.39, 0.29) is 12.2 Å². The Bertz CT molecular complexity index is 1200. The van der Waals surface area contributed by atoms with Gasteiger partial charge in [-0.1, -0.05) is 42.0 Å². The molecule has 0 unspecified atom stereocenters. The summed E-state index contributed by atoms with van der Waals surface area (Å²) in [4.78, 5) is 38.9. The van der Waals surface area contributed by atoms with Crippen molar-refractivity contribution in [3.63, 3.8) is 0 Å². The van der Waals surface area contributed by atoms with Crippen LogP contribution >= 0.6 is 0 Å². The van der Waals surface area contributed by atoms with Crippen molar-refractivity contribution in [1.29, 1.82) is 0 Å². The highest BCUT2D eigenvalue weighted by Crippen LogP contribution is 2.08. The summed E-state index contributed by atoms with van der Waals surface area (Å²) >= 11 is 0. The Morgan fingerprint density at radius 2 is 1.77 bits per heavy atom. The first-order valence-corrected chi connectivity index (χ1v) is 10.0. The number of carbonyl (C=O) groups excluding carboxylic acids is 1. The Hall–Kier alpha value is -3.52. The van der Waals surface area contributed by atoms with Gasteiger partial charge in [0.15, 0.2) is 0 Å². The van der Waals surface area contributed by atoms with E-state index in [9.17, 15) is 14.4 Å². The third-order valence-electron chi connectivity index (χ3n) is 4.76. The van der Waals surface area contributed by atoms with Gasteiger partial charge in [-0.15, -0.1) is 0 Å². The normalized spacial score (nSPS) is 10.8. The highest BCUT2D eigenvalue weighted by atomic mass is 16.5. The van der Waals surface area contributed by atoms with E-state index in [1.165, 1.54) is 0 Å². The summed E-state index contributed by atoms with van der Waals surface area (Å²) in [5.74, 6) is -0.625. The monoisotopic (exact) mass is 422 g/mol. The molecule has 0 saturated heterocycles. The molecule has 0 saturated carbocycles. The third-order valence-corrected chi connectivity index (χ3v) is 4.76. The molecule has 162 valence electrons. The van der Waals surface area contributed by atoms with E-state index in [1.54, 1.807) is 25.3 Å². The van der Waals surface area contributed by atoms with Crippen LogP contribution in [0.2, 0.25) is 0 Å². The van der Waals surface area contributed by atoms with E-state index in [0.717, 1.165) is 25.9 Å². The largest absolute Gasteiger partial charge is 0.385 e. The van der Waals surface area contributed by atoms with Crippen LogP contribution < -0.4 is 16.6 Å². The van der Waals surface area contributed by atoms with Crippen LogP contribution in [0.1, 0.15) is 33.6 Å². The van der Waals surface area contributed by atoms with Crippen LogP contribution in [0, 0.1) is 13.8 Å². The van der Waals surface area contributed by atoms with Gasteiger partial charge in [0.2, 0.25) is 5.69 Å². The molecule has 1 N–H and O–H groups in total. The van der Waals surface area contributed by atoms with Crippen molar-refractivity contribution in [3.8, 4) is 5.69 Å². The number of rotatable bonds is 8. The maximum absolute atomic E-state index is 13.2. The number of nitrogens with zero attached hydrogens (tertiary/aromatic N) is 3. The van der Waals surface area contributed by atoms with Crippen LogP contribution in [-0.4, -0.2) is 40.5 Å². The van der Waals surface area contributed by atoms with Crippen LogP contribution in [-0.2, 0) is 11.3 Å². The van der Waals surface area contributed by atoms with E-state index in [2.05, 4.69) is 10.4 Å². The zero-order valence-electron chi connectivity index (χ0n) is 17.9. The lowest BCUT2D eigenvalue weighted by molar-refractivity contribution is 0.0938. The van der Waals surface area contributed by atoms with Crippen LogP contribution in [0.5, 0.6) is 0 Å². The molecule has 0 aliphatic heterocycles. The second kappa shape index (κ2) is 9.99. The molecular formula is C23H26N4O4. The fraction of sp³-hybridized carbons (Fsp3) is 0.304. The number of carbonyl (C=O) groups is 1. The second-order valence-corrected chi connectivity index (χ2v) is 7.36. The minimum absolute atomic E-state index is 0.0393. The van der Waals surface area contributed by atoms with Crippen molar-refractivity contribution in [1.82, 2.24) is 19.7 Å². The minimum atomic E-state index is -0.723. The molecule has 2 aromatic carbocycles. The van der Waals surface area contributed by atoms with Gasteiger partial charge in [0, 0.05) is 20.3 Å². The van der Waals surface area contributed by atoms with Gasteiger partial charge in [-0.25, -0.2) is 4.79 Å². The molecule has 3 aromatic rings. The third kappa shape index (κ3) is 5.35. The van der Waals surface area contributed by atoms with Gasteiger partial charge in [0.05, 0.1) is 12.2 Å². The highest BCUT2D eigenvalue weighted by molar-refractivity contribution is 5.91. The number of nitrogens with one attached hydrogen (secondary N) is 1. The van der Waals surface area contributed by atoms with Gasteiger partial charge < -0.3 is 10.1 Å². The number of ether oxygens (including phenoxy) is 1. The van der Waals surface area contributed by atoms with E-state index in [0.29, 0.717) is 25.3 Å². The molecule has 0 aliphatic rings. The first kappa shape index (κ1) is 22.2. The van der Waals surface area contributed by atoms with Crippen LogP contribution in [0.4, 0.5) is 0 Å². The van der Waals surface area contributed by atoms with E-state index in [1.807, 2.05) is 44.2 Å². The van der Waals surface area contributed by atoms with E-state index >= 15 is 0 Å². The molecule has 31 heavy (non-hydrogen) atoms. The molecule has 0 atom stereocenters. The summed E-state index contributed by atoms with van der Waals surface area (Å²) in [7, 11) is 1.57. The zero-order chi connectivity index (χ0) is 22.4. The number of hydrogen-bond acceptors (Lipinski definition) is 5. The maximum Gasteiger partial charge on any atom is 0.352 e. The van der Waals surface area contributed by atoms with Gasteiger partial charge in [-0.05, 0) is 43.5 Å². The van der Waals surface area contributed by atoms with Crippen LogP contribution in [0.25, 0.3) is 5.69 Å². The van der Waals surface area contributed by atoms with Gasteiger partial charge >= 0.3 is 5.69 Å². The zero-order valence-corrected chi connectivity index (χ0v) is 17.9. The van der Waals surface area contributed by atoms with Crippen LogP contribution in [0.15, 0.2) is 58.1 Å². The number of amides is 1. The number of methoxy groups -OCH3 is 1. The molecule has 1 amide bonds. The summed E-state index contributed by atoms with van der Waals surface area (Å²) in [5, 5.41) is 6.80. The molecule has 0 fully saturated rings. The number of aromatic nitrogens is 3. The van der Waals surface area contributed by atoms with Crippen molar-refractivity contribution < 1.29 is 9.53 Å². The van der Waals surface area contributed by atoms with Gasteiger partial charge in [0.25, 0.3) is 11.5 Å². The predicted octanol–water partition coefficient (Wildman–Crippen LogP) is 1.83. The van der Waals surface area contributed by atoms with E-state index < -0.39 is 17.2 Å². The lowest BCUT2D eigenvalue weighted by Gasteiger charge is -2.13. The summed E-state index contributed by atoms with van der Waals surface area (Å²) in [5.41, 5.74) is 1.55. The highest BCUT2D eigenvalue weighted by Gasteiger charge is 2.20. The molecule has 8 heteroatoms. The predicted molar refractivity (Wildman–Crippen MR) is 118 cm³/mol. The standard InChI is InChI=1S/C23H26N4O4/c1-16-7-4-9-18(13-16)15-26-22(29)20(21(28)24-11-6-12-31-3)25-27(23(26)30)19-10-5-8-17(2)14-19/h4-5,7-10,13-14H,6,11-12,15H2,1-3H3,(H,24,28). The number of aryl methyl sites for hydroxylation is 2. The molecule has 0 bridgehead atoms. The molecule has 1 aromatic heterocycles. The summed E-state index contributed by atoms with van der Waals surface area (Å²) in [6.07, 6.45) is 0.594. The Labute approximate surface area is 180 Å². The average molecular weight is 422 g/mol. The fourth-order valence-electron chi connectivity index (χ4n) is 3.22. The van der Waals surface area contributed by atoms with Crippen molar-refractivity contribution in [2.45, 2.75) is 26.8 Å². The fourth-order valence-corrected chi connectivity index (χ4v) is 3.22. The van der Waals surface area contributed by atoms with Crippen molar-refractivity contribution in [2.24, 2.45) is 0 Å². The average Bonchev–Trinajstić information content (AvgIpc) is 2.74. The van der Waals surface area contributed by atoms with Crippen molar-refractivity contribution >= 4 is 5.91 Å². The Kier molecular flexibility index (Phi) is 7.15.